The summed E-state index contributed by atoms with van der Waals surface area (Å²) in [6, 6.07) is -0.616. The van der Waals surface area contributed by atoms with Crippen LogP contribution >= 0.6 is 22.6 Å². The number of carbonyl (C=O) groups excluding carboxylic acids is 2. The fourth-order valence-corrected chi connectivity index (χ4v) is 1.32. The molecule has 0 spiro atoms. The summed E-state index contributed by atoms with van der Waals surface area (Å²) in [4.78, 5) is 21.8. The van der Waals surface area contributed by atoms with E-state index in [1.165, 1.54) is 14.2 Å². The van der Waals surface area contributed by atoms with Gasteiger partial charge in [0.15, 0.2) is 0 Å². The molecule has 76 valence electrons. The third-order valence-corrected chi connectivity index (χ3v) is 1.98. The molecule has 0 rings (SSSR count). The number of esters is 1. The molecule has 0 heterocycles. The second-order valence-electron chi connectivity index (χ2n) is 2.19. The van der Waals surface area contributed by atoms with Crippen molar-refractivity contribution in [2.45, 2.75) is 12.5 Å². The van der Waals surface area contributed by atoms with E-state index in [1.807, 2.05) is 0 Å². The third kappa shape index (κ3) is 4.91. The lowest BCUT2D eigenvalue weighted by Gasteiger charge is -2.13. The van der Waals surface area contributed by atoms with Gasteiger partial charge >= 0.3 is 12.1 Å². The lowest BCUT2D eigenvalue weighted by molar-refractivity contribution is -0.143. The highest BCUT2D eigenvalue weighted by Gasteiger charge is 2.20. The topological polar surface area (TPSA) is 64.6 Å². The van der Waals surface area contributed by atoms with E-state index in [4.69, 9.17) is 0 Å². The van der Waals surface area contributed by atoms with Crippen LogP contribution in [0.25, 0.3) is 0 Å². The number of nitrogens with one attached hydrogen (secondary N) is 1. The number of hydrogen-bond donors (Lipinski definition) is 1. The molecule has 6 heteroatoms. The minimum Gasteiger partial charge on any atom is -0.467 e. The van der Waals surface area contributed by atoms with Crippen LogP contribution in [0.3, 0.4) is 0 Å². The molecule has 5 nitrogen and oxygen atoms in total. The van der Waals surface area contributed by atoms with E-state index in [0.717, 1.165) is 4.43 Å². The summed E-state index contributed by atoms with van der Waals surface area (Å²) in [6.07, 6.45) is -0.0947. The maximum Gasteiger partial charge on any atom is 0.407 e. The fraction of sp³-hybridized carbons (Fsp3) is 0.714. The Kier molecular flexibility index (Phi) is 6.65. The van der Waals surface area contributed by atoms with Crippen LogP contribution in [0.4, 0.5) is 4.79 Å². The number of rotatable bonds is 4. The Bertz CT molecular complexity index is 185. The number of ether oxygens (including phenoxy) is 2. The normalized spacial score (nSPS) is 11.6. The summed E-state index contributed by atoms with van der Waals surface area (Å²) in [5.74, 6) is -0.456. The summed E-state index contributed by atoms with van der Waals surface area (Å²) in [6.45, 7) is 0. The number of hydrogen-bond acceptors (Lipinski definition) is 4. The van der Waals surface area contributed by atoms with Crippen molar-refractivity contribution in [3.8, 4) is 0 Å². The molecule has 0 aliphatic carbocycles. The highest BCUT2D eigenvalue weighted by Crippen LogP contribution is 1.99. The van der Waals surface area contributed by atoms with Crippen LogP contribution in [-0.2, 0) is 14.3 Å². The molecule has 13 heavy (non-hydrogen) atoms. The van der Waals surface area contributed by atoms with Gasteiger partial charge in [-0.15, -0.1) is 0 Å². The van der Waals surface area contributed by atoms with Crippen LogP contribution in [-0.4, -0.2) is 36.8 Å². The van der Waals surface area contributed by atoms with E-state index >= 15 is 0 Å². The van der Waals surface area contributed by atoms with Crippen molar-refractivity contribution in [1.29, 1.82) is 0 Å². The fourth-order valence-electron chi connectivity index (χ4n) is 0.701. The molecule has 0 aromatic rings. The third-order valence-electron chi connectivity index (χ3n) is 1.36. The SMILES string of the molecule is COC(=O)NC(CCI)C(=O)OC. The summed E-state index contributed by atoms with van der Waals surface area (Å²) in [5, 5.41) is 2.38. The predicted molar refractivity (Wildman–Crippen MR) is 54.8 cm³/mol. The van der Waals surface area contributed by atoms with Gasteiger partial charge in [-0.1, -0.05) is 22.6 Å². The zero-order valence-electron chi connectivity index (χ0n) is 7.50. The average molecular weight is 301 g/mol. The smallest absolute Gasteiger partial charge is 0.407 e. The van der Waals surface area contributed by atoms with Gasteiger partial charge in [-0.3, -0.25) is 0 Å². The Labute approximate surface area is 90.3 Å². The van der Waals surface area contributed by atoms with Crippen LogP contribution in [0.5, 0.6) is 0 Å². The Morgan fingerprint density at radius 2 is 2.00 bits per heavy atom. The summed E-state index contributed by atoms with van der Waals surface area (Å²) < 4.78 is 9.61. The second kappa shape index (κ2) is 6.93. The van der Waals surface area contributed by atoms with Crippen molar-refractivity contribution < 1.29 is 19.1 Å². The van der Waals surface area contributed by atoms with Gasteiger partial charge in [0.05, 0.1) is 14.2 Å². The van der Waals surface area contributed by atoms with Crippen molar-refractivity contribution in [2.24, 2.45) is 0 Å². The predicted octanol–water partition coefficient (Wildman–Crippen LogP) is 0.709. The zero-order chi connectivity index (χ0) is 10.3. The van der Waals surface area contributed by atoms with Gasteiger partial charge in [-0.25, -0.2) is 9.59 Å². The van der Waals surface area contributed by atoms with Crippen molar-refractivity contribution in [3.05, 3.63) is 0 Å². The van der Waals surface area contributed by atoms with Crippen LogP contribution in [0.15, 0.2) is 0 Å². The Morgan fingerprint density at radius 1 is 1.38 bits per heavy atom. The molecule has 0 aromatic heterocycles. The van der Waals surface area contributed by atoms with Crippen LogP contribution < -0.4 is 5.32 Å². The molecule has 0 bridgehead atoms. The molecule has 0 aliphatic rings. The van der Waals surface area contributed by atoms with Gasteiger partial charge in [0, 0.05) is 4.43 Å². The van der Waals surface area contributed by atoms with Crippen LogP contribution in [0.2, 0.25) is 0 Å². The van der Waals surface area contributed by atoms with E-state index in [9.17, 15) is 9.59 Å². The lowest BCUT2D eigenvalue weighted by atomic mass is 10.2. The van der Waals surface area contributed by atoms with Gasteiger partial charge in [-0.2, -0.15) is 0 Å². The minimum absolute atomic E-state index is 0.456. The molecule has 1 atom stereocenters. The molecular weight excluding hydrogens is 289 g/mol. The second-order valence-corrected chi connectivity index (χ2v) is 3.27. The first kappa shape index (κ1) is 12.5. The van der Waals surface area contributed by atoms with Gasteiger partial charge in [-0.05, 0) is 6.42 Å². The average Bonchev–Trinajstić information content (AvgIpc) is 2.15. The molecule has 0 saturated carbocycles. The van der Waals surface area contributed by atoms with Crippen molar-refractivity contribution >= 4 is 34.7 Å². The first-order chi connectivity index (χ1) is 6.15. The highest BCUT2D eigenvalue weighted by molar-refractivity contribution is 14.1. The summed E-state index contributed by atoms with van der Waals surface area (Å²) in [5.41, 5.74) is 0. The zero-order valence-corrected chi connectivity index (χ0v) is 9.66. The van der Waals surface area contributed by atoms with Crippen molar-refractivity contribution in [3.63, 3.8) is 0 Å². The number of alkyl halides is 1. The number of amides is 1. The van der Waals surface area contributed by atoms with Crippen molar-refractivity contribution in [2.75, 3.05) is 18.6 Å². The van der Waals surface area contributed by atoms with E-state index in [-0.39, 0.29) is 0 Å². The van der Waals surface area contributed by atoms with Gasteiger partial charge in [0.1, 0.15) is 6.04 Å². The molecular formula is C7H12INO4. The molecule has 0 fully saturated rings. The van der Waals surface area contributed by atoms with Crippen molar-refractivity contribution in [1.82, 2.24) is 5.32 Å². The molecule has 0 saturated heterocycles. The summed E-state index contributed by atoms with van der Waals surface area (Å²) >= 11 is 2.11. The van der Waals surface area contributed by atoms with Crippen LogP contribution in [0, 0.1) is 0 Å². The number of halogens is 1. The van der Waals surface area contributed by atoms with E-state index in [2.05, 4.69) is 37.4 Å². The number of carbonyl (C=O) groups is 2. The quantitative estimate of drug-likeness (QED) is 0.472. The molecule has 1 N–H and O–H groups in total. The molecule has 1 unspecified atom stereocenters. The standard InChI is InChI=1S/C7H12INO4/c1-12-6(10)5(3-4-8)9-7(11)13-2/h5H,3-4H2,1-2H3,(H,9,11). The molecule has 0 radical (unpaired) electrons. The highest BCUT2D eigenvalue weighted by atomic mass is 127. The van der Waals surface area contributed by atoms with E-state index < -0.39 is 18.1 Å². The molecule has 0 aromatic carbocycles. The van der Waals surface area contributed by atoms with Gasteiger partial charge < -0.3 is 14.8 Å². The van der Waals surface area contributed by atoms with Crippen LogP contribution in [0.1, 0.15) is 6.42 Å². The first-order valence-electron chi connectivity index (χ1n) is 3.64. The van der Waals surface area contributed by atoms with E-state index in [0.29, 0.717) is 6.42 Å². The Morgan fingerprint density at radius 3 is 2.38 bits per heavy atom. The maximum atomic E-state index is 11.1. The molecule has 1 amide bonds. The Balaban J connectivity index is 4.08. The summed E-state index contributed by atoms with van der Waals surface area (Å²) in [7, 11) is 2.52. The first-order valence-corrected chi connectivity index (χ1v) is 5.16. The molecule has 0 aliphatic heterocycles. The van der Waals surface area contributed by atoms with E-state index in [1.54, 1.807) is 0 Å². The Hall–Kier alpha value is -0.530. The maximum absolute atomic E-state index is 11.1. The van der Waals surface area contributed by atoms with Gasteiger partial charge in [0.2, 0.25) is 0 Å². The number of alkyl carbamates (subject to hydrolysis) is 1. The minimum atomic E-state index is -0.625. The largest absolute Gasteiger partial charge is 0.467 e. The van der Waals surface area contributed by atoms with Gasteiger partial charge in [0.25, 0.3) is 0 Å². The lowest BCUT2D eigenvalue weighted by Crippen LogP contribution is -2.41. The monoisotopic (exact) mass is 301 g/mol. The number of methoxy groups -OCH3 is 2.